The van der Waals surface area contributed by atoms with Crippen LogP contribution >= 0.6 is 11.3 Å². The summed E-state index contributed by atoms with van der Waals surface area (Å²) in [6.07, 6.45) is 8.27. The molecule has 1 aliphatic rings. The third-order valence-corrected chi connectivity index (χ3v) is 6.10. The summed E-state index contributed by atoms with van der Waals surface area (Å²) in [6.45, 7) is 2.27. The molecule has 5 nitrogen and oxygen atoms in total. The maximum Gasteiger partial charge on any atom is 0.184 e. The van der Waals surface area contributed by atoms with Crippen molar-refractivity contribution in [3.63, 3.8) is 0 Å². The van der Waals surface area contributed by atoms with E-state index in [0.717, 1.165) is 27.0 Å². The second kappa shape index (κ2) is 7.93. The second-order valence-corrected chi connectivity index (χ2v) is 8.10. The number of fused-ring (bicyclic) bond motifs is 1. The lowest BCUT2D eigenvalue weighted by molar-refractivity contribution is 0.328. The first-order chi connectivity index (χ1) is 13.2. The van der Waals surface area contributed by atoms with Gasteiger partial charge in [0.25, 0.3) is 0 Å². The minimum absolute atomic E-state index is 0.342. The SMILES string of the molecule is CC(Nc1nc2ccc(Oc3ccnc(C#N)c3)cc2s1)C1CCCCC1. The summed E-state index contributed by atoms with van der Waals surface area (Å²) in [5.41, 5.74) is 1.31. The highest BCUT2D eigenvalue weighted by atomic mass is 32.1. The van der Waals surface area contributed by atoms with E-state index in [-0.39, 0.29) is 0 Å². The van der Waals surface area contributed by atoms with Crippen molar-refractivity contribution in [1.29, 1.82) is 5.26 Å². The van der Waals surface area contributed by atoms with E-state index in [4.69, 9.17) is 15.0 Å². The highest BCUT2D eigenvalue weighted by Gasteiger charge is 2.20. The largest absolute Gasteiger partial charge is 0.457 e. The molecule has 138 valence electrons. The minimum Gasteiger partial charge on any atom is -0.457 e. The van der Waals surface area contributed by atoms with Crippen molar-refractivity contribution in [1.82, 2.24) is 9.97 Å². The summed E-state index contributed by atoms with van der Waals surface area (Å²) in [4.78, 5) is 8.68. The molecule has 0 radical (unpaired) electrons. The highest BCUT2D eigenvalue weighted by molar-refractivity contribution is 7.22. The van der Waals surface area contributed by atoms with Gasteiger partial charge in [0.05, 0.1) is 10.2 Å². The predicted molar refractivity (Wildman–Crippen MR) is 108 cm³/mol. The average molecular weight is 379 g/mol. The molecule has 0 amide bonds. The summed E-state index contributed by atoms with van der Waals surface area (Å²) in [7, 11) is 0. The Morgan fingerprint density at radius 3 is 2.81 bits per heavy atom. The Kier molecular flexibility index (Phi) is 5.21. The number of hydrogen-bond donors (Lipinski definition) is 1. The highest BCUT2D eigenvalue weighted by Crippen LogP contribution is 2.33. The van der Waals surface area contributed by atoms with Crippen LogP contribution in [0.2, 0.25) is 0 Å². The summed E-state index contributed by atoms with van der Waals surface area (Å²) in [5.74, 6) is 2.08. The molecule has 3 aromatic rings. The summed E-state index contributed by atoms with van der Waals surface area (Å²) >= 11 is 1.66. The maximum absolute atomic E-state index is 8.96. The van der Waals surface area contributed by atoms with E-state index in [1.165, 1.54) is 32.1 Å². The van der Waals surface area contributed by atoms with Gasteiger partial charge in [-0.15, -0.1) is 0 Å². The van der Waals surface area contributed by atoms with Gasteiger partial charge in [0.2, 0.25) is 0 Å². The number of nitrogens with zero attached hydrogens (tertiary/aromatic N) is 3. The van der Waals surface area contributed by atoms with Gasteiger partial charge in [-0.25, -0.2) is 9.97 Å². The van der Waals surface area contributed by atoms with Crippen LogP contribution in [0.15, 0.2) is 36.5 Å². The van der Waals surface area contributed by atoms with Crippen molar-refractivity contribution in [3.05, 3.63) is 42.2 Å². The molecule has 1 saturated carbocycles. The van der Waals surface area contributed by atoms with Gasteiger partial charge in [-0.2, -0.15) is 5.26 Å². The number of ether oxygens (including phenoxy) is 1. The number of aromatic nitrogens is 2. The maximum atomic E-state index is 8.96. The van der Waals surface area contributed by atoms with E-state index in [1.807, 2.05) is 24.3 Å². The molecule has 2 heterocycles. The number of nitrogens with one attached hydrogen (secondary N) is 1. The van der Waals surface area contributed by atoms with Crippen LogP contribution in [0.1, 0.15) is 44.7 Å². The van der Waals surface area contributed by atoms with Gasteiger partial charge in [-0.05, 0) is 43.9 Å². The Morgan fingerprint density at radius 2 is 2.00 bits per heavy atom. The lowest BCUT2D eigenvalue weighted by Crippen LogP contribution is -2.27. The molecular formula is C21H22N4OS. The van der Waals surface area contributed by atoms with Crippen LogP contribution in [0.25, 0.3) is 10.2 Å². The average Bonchev–Trinajstić information content (AvgIpc) is 3.10. The fourth-order valence-corrected chi connectivity index (χ4v) is 4.64. The van der Waals surface area contributed by atoms with Gasteiger partial charge in [0.1, 0.15) is 23.3 Å². The molecule has 0 spiro atoms. The molecule has 0 aliphatic heterocycles. The molecule has 0 bridgehead atoms. The standard InChI is InChI=1S/C21H22N4OS/c1-14(15-5-3-2-4-6-15)24-21-25-19-8-7-17(12-20(19)27-21)26-18-9-10-23-16(11-18)13-22/h7-12,14-15H,2-6H2,1H3,(H,24,25). The monoisotopic (exact) mass is 378 g/mol. The molecule has 6 heteroatoms. The van der Waals surface area contributed by atoms with Crippen LogP contribution < -0.4 is 10.1 Å². The van der Waals surface area contributed by atoms with E-state index >= 15 is 0 Å². The molecule has 1 aromatic carbocycles. The third kappa shape index (κ3) is 4.20. The van der Waals surface area contributed by atoms with Crippen LogP contribution in [-0.4, -0.2) is 16.0 Å². The van der Waals surface area contributed by atoms with Gasteiger partial charge in [0.15, 0.2) is 5.13 Å². The Morgan fingerprint density at radius 1 is 1.19 bits per heavy atom. The van der Waals surface area contributed by atoms with Crippen molar-refractivity contribution < 1.29 is 4.74 Å². The quantitative estimate of drug-likeness (QED) is 0.613. The van der Waals surface area contributed by atoms with Gasteiger partial charge >= 0.3 is 0 Å². The zero-order valence-corrected chi connectivity index (χ0v) is 16.1. The van der Waals surface area contributed by atoms with Gasteiger partial charge in [0, 0.05) is 24.4 Å². The number of hydrogen-bond acceptors (Lipinski definition) is 6. The Bertz CT molecular complexity index is 972. The molecule has 1 fully saturated rings. The molecule has 0 saturated heterocycles. The van der Waals surface area contributed by atoms with Crippen molar-refractivity contribution in [3.8, 4) is 17.6 Å². The van der Waals surface area contributed by atoms with Crippen LogP contribution in [0.4, 0.5) is 5.13 Å². The first kappa shape index (κ1) is 17.7. The van der Waals surface area contributed by atoms with Crippen molar-refractivity contribution >= 4 is 26.7 Å². The molecule has 1 unspecified atom stereocenters. The summed E-state index contributed by atoms with van der Waals surface area (Å²) in [6, 6.07) is 11.7. The van der Waals surface area contributed by atoms with Crippen LogP contribution in [0.5, 0.6) is 11.5 Å². The molecule has 2 aromatic heterocycles. The van der Waals surface area contributed by atoms with E-state index in [0.29, 0.717) is 17.5 Å². The molecular weight excluding hydrogens is 356 g/mol. The van der Waals surface area contributed by atoms with Crippen molar-refractivity contribution in [2.75, 3.05) is 5.32 Å². The normalized spacial score (nSPS) is 16.0. The fraction of sp³-hybridized carbons (Fsp3) is 0.381. The third-order valence-electron chi connectivity index (χ3n) is 5.15. The van der Waals surface area contributed by atoms with Gasteiger partial charge < -0.3 is 10.1 Å². The number of nitriles is 1. The Hall–Kier alpha value is -2.65. The molecule has 4 rings (SSSR count). The zero-order valence-electron chi connectivity index (χ0n) is 15.3. The smallest absolute Gasteiger partial charge is 0.184 e. The predicted octanol–water partition coefficient (Wildman–Crippen LogP) is 5.74. The van der Waals surface area contributed by atoms with E-state index in [9.17, 15) is 0 Å². The Balaban J connectivity index is 1.48. The van der Waals surface area contributed by atoms with Gasteiger partial charge in [-0.3, -0.25) is 0 Å². The molecule has 1 atom stereocenters. The lowest BCUT2D eigenvalue weighted by Gasteiger charge is -2.28. The van der Waals surface area contributed by atoms with Crippen LogP contribution in [0.3, 0.4) is 0 Å². The zero-order chi connectivity index (χ0) is 18.6. The summed E-state index contributed by atoms with van der Waals surface area (Å²) < 4.78 is 6.97. The van der Waals surface area contributed by atoms with Crippen LogP contribution in [-0.2, 0) is 0 Å². The van der Waals surface area contributed by atoms with Gasteiger partial charge in [-0.1, -0.05) is 30.6 Å². The number of thiazole rings is 1. The number of rotatable bonds is 5. The van der Waals surface area contributed by atoms with E-state index < -0.39 is 0 Å². The van der Waals surface area contributed by atoms with Crippen molar-refractivity contribution in [2.45, 2.75) is 45.1 Å². The topological polar surface area (TPSA) is 70.8 Å². The van der Waals surface area contributed by atoms with E-state index in [2.05, 4.69) is 17.2 Å². The first-order valence-electron chi connectivity index (χ1n) is 9.42. The summed E-state index contributed by atoms with van der Waals surface area (Å²) in [5, 5.41) is 13.5. The minimum atomic E-state index is 0.342. The Labute approximate surface area is 163 Å². The number of benzene rings is 1. The number of pyridine rings is 1. The first-order valence-corrected chi connectivity index (χ1v) is 10.2. The molecule has 1 N–H and O–H groups in total. The lowest BCUT2D eigenvalue weighted by atomic mass is 9.85. The second-order valence-electron chi connectivity index (χ2n) is 7.07. The molecule has 1 aliphatic carbocycles. The fourth-order valence-electron chi connectivity index (χ4n) is 3.65. The van der Waals surface area contributed by atoms with E-state index in [1.54, 1.807) is 29.7 Å². The van der Waals surface area contributed by atoms with Crippen LogP contribution in [0, 0.1) is 17.2 Å². The van der Waals surface area contributed by atoms with Crippen molar-refractivity contribution in [2.24, 2.45) is 5.92 Å². The molecule has 27 heavy (non-hydrogen) atoms. The number of anilines is 1.